The molecule has 0 spiro atoms. The molecule has 3 aromatic heterocycles. The van der Waals surface area contributed by atoms with Crippen LogP contribution < -0.4 is 11.2 Å². The first-order valence-corrected chi connectivity index (χ1v) is 9.82. The number of fused-ring (bicyclic) bond motifs is 3. The standard InChI is InChI=1S/C20H21ClFN5O3/c1-12-10-26-16-17(23-19(26)25(12)8-5-9-30-3)24(2)20(29)27(18(16)28)11-13-14(21)6-4-7-15(13)22/h4,6-7,10H,5,8-9,11H2,1-3H3. The van der Waals surface area contributed by atoms with E-state index >= 15 is 0 Å². The zero-order valence-electron chi connectivity index (χ0n) is 16.9. The predicted molar refractivity (Wildman–Crippen MR) is 112 cm³/mol. The smallest absolute Gasteiger partial charge is 0.332 e. The Morgan fingerprint density at radius 2 is 2.00 bits per heavy atom. The second kappa shape index (κ2) is 7.73. The van der Waals surface area contributed by atoms with Gasteiger partial charge in [0.15, 0.2) is 11.2 Å². The summed E-state index contributed by atoms with van der Waals surface area (Å²) in [6.07, 6.45) is 2.59. The van der Waals surface area contributed by atoms with Gasteiger partial charge in [0.1, 0.15) is 5.82 Å². The van der Waals surface area contributed by atoms with Gasteiger partial charge in [-0.05, 0) is 25.5 Å². The predicted octanol–water partition coefficient (Wildman–Crippen LogP) is 2.34. The maximum Gasteiger partial charge on any atom is 0.332 e. The highest BCUT2D eigenvalue weighted by Crippen LogP contribution is 2.20. The number of ether oxygens (including phenoxy) is 1. The van der Waals surface area contributed by atoms with Gasteiger partial charge in [-0.1, -0.05) is 17.7 Å². The van der Waals surface area contributed by atoms with E-state index in [2.05, 4.69) is 4.98 Å². The first-order chi connectivity index (χ1) is 14.3. The van der Waals surface area contributed by atoms with Gasteiger partial charge in [-0.15, -0.1) is 0 Å². The fourth-order valence-electron chi connectivity index (χ4n) is 3.68. The SMILES string of the molecule is COCCCn1c(C)cn2c3c(=O)n(Cc4c(F)cccc4Cl)c(=O)n(C)c3nc12. The lowest BCUT2D eigenvalue weighted by Crippen LogP contribution is -2.39. The Morgan fingerprint density at radius 3 is 2.70 bits per heavy atom. The lowest BCUT2D eigenvalue weighted by atomic mass is 10.2. The van der Waals surface area contributed by atoms with Crippen molar-refractivity contribution >= 4 is 28.5 Å². The molecular formula is C20H21ClFN5O3. The summed E-state index contributed by atoms with van der Waals surface area (Å²) < 4.78 is 25.3. The Hall–Kier alpha value is -2.91. The number of methoxy groups -OCH3 is 1. The summed E-state index contributed by atoms with van der Waals surface area (Å²) in [7, 11) is 3.18. The molecule has 4 aromatic rings. The van der Waals surface area contributed by atoms with Crippen LogP contribution in [-0.4, -0.2) is 36.8 Å². The summed E-state index contributed by atoms with van der Waals surface area (Å²) in [5.74, 6) is -0.0116. The molecule has 4 rings (SSSR count). The first kappa shape index (κ1) is 20.4. The van der Waals surface area contributed by atoms with Crippen LogP contribution in [0.15, 0.2) is 34.0 Å². The Bertz CT molecular complexity index is 1360. The Morgan fingerprint density at radius 1 is 1.23 bits per heavy atom. The zero-order chi connectivity index (χ0) is 21.6. The molecule has 0 radical (unpaired) electrons. The van der Waals surface area contributed by atoms with Crippen LogP contribution in [0.4, 0.5) is 4.39 Å². The lowest BCUT2D eigenvalue weighted by molar-refractivity contribution is 0.190. The molecule has 0 aliphatic carbocycles. The third-order valence-electron chi connectivity index (χ3n) is 5.25. The van der Waals surface area contributed by atoms with Gasteiger partial charge < -0.3 is 9.30 Å². The zero-order valence-corrected chi connectivity index (χ0v) is 17.6. The number of imidazole rings is 2. The molecule has 0 N–H and O–H groups in total. The molecule has 0 saturated carbocycles. The van der Waals surface area contributed by atoms with Crippen molar-refractivity contribution in [3.05, 3.63) is 67.3 Å². The van der Waals surface area contributed by atoms with E-state index in [9.17, 15) is 14.0 Å². The van der Waals surface area contributed by atoms with Gasteiger partial charge in [0.25, 0.3) is 5.56 Å². The maximum absolute atomic E-state index is 14.3. The van der Waals surface area contributed by atoms with Crippen LogP contribution >= 0.6 is 11.6 Å². The van der Waals surface area contributed by atoms with E-state index in [-0.39, 0.29) is 28.3 Å². The topological polar surface area (TPSA) is 75.5 Å². The number of nitrogens with zero attached hydrogens (tertiary/aromatic N) is 5. The van der Waals surface area contributed by atoms with Crippen molar-refractivity contribution in [1.29, 1.82) is 0 Å². The maximum atomic E-state index is 14.3. The van der Waals surface area contributed by atoms with Crippen molar-refractivity contribution in [3.63, 3.8) is 0 Å². The lowest BCUT2D eigenvalue weighted by Gasteiger charge is -2.10. The molecule has 0 unspecified atom stereocenters. The van der Waals surface area contributed by atoms with E-state index in [0.717, 1.165) is 16.7 Å². The minimum absolute atomic E-state index is 0.0896. The van der Waals surface area contributed by atoms with Gasteiger partial charge in [-0.25, -0.2) is 9.18 Å². The fourth-order valence-corrected chi connectivity index (χ4v) is 3.90. The molecular weight excluding hydrogens is 413 g/mol. The number of hydrogen-bond donors (Lipinski definition) is 0. The van der Waals surface area contributed by atoms with Crippen molar-refractivity contribution in [1.82, 2.24) is 23.1 Å². The minimum atomic E-state index is -0.588. The number of benzene rings is 1. The van der Waals surface area contributed by atoms with Gasteiger partial charge in [-0.3, -0.25) is 18.3 Å². The van der Waals surface area contributed by atoms with Crippen molar-refractivity contribution in [2.45, 2.75) is 26.4 Å². The Kier molecular flexibility index (Phi) is 5.25. The summed E-state index contributed by atoms with van der Waals surface area (Å²) in [6, 6.07) is 4.24. The molecule has 0 saturated heterocycles. The fraction of sp³-hybridized carbons (Fsp3) is 0.350. The summed E-state index contributed by atoms with van der Waals surface area (Å²) in [5.41, 5.74) is 0.410. The average Bonchev–Trinajstić information content (AvgIpc) is 3.21. The van der Waals surface area contributed by atoms with Gasteiger partial charge in [0, 0.05) is 49.8 Å². The quantitative estimate of drug-likeness (QED) is 0.437. The number of aromatic nitrogens is 5. The van der Waals surface area contributed by atoms with Gasteiger partial charge in [0.2, 0.25) is 5.78 Å². The third-order valence-corrected chi connectivity index (χ3v) is 5.60. The van der Waals surface area contributed by atoms with Crippen LogP contribution in [0.2, 0.25) is 5.02 Å². The highest BCUT2D eigenvalue weighted by atomic mass is 35.5. The van der Waals surface area contributed by atoms with E-state index < -0.39 is 17.1 Å². The molecule has 0 amide bonds. The second-order valence-corrected chi connectivity index (χ2v) is 7.56. The van der Waals surface area contributed by atoms with Crippen LogP contribution in [0.3, 0.4) is 0 Å². The van der Waals surface area contributed by atoms with Crippen LogP contribution in [0.5, 0.6) is 0 Å². The summed E-state index contributed by atoms with van der Waals surface area (Å²) in [5, 5.41) is 0.155. The van der Waals surface area contributed by atoms with Crippen LogP contribution in [0, 0.1) is 12.7 Å². The Balaban J connectivity index is 1.94. The minimum Gasteiger partial charge on any atom is -0.385 e. The molecule has 0 aliphatic rings. The molecule has 0 aliphatic heterocycles. The molecule has 30 heavy (non-hydrogen) atoms. The summed E-state index contributed by atoms with van der Waals surface area (Å²) in [4.78, 5) is 30.7. The van der Waals surface area contributed by atoms with Crippen LogP contribution in [-0.2, 0) is 24.9 Å². The third kappa shape index (κ3) is 3.14. The summed E-state index contributed by atoms with van der Waals surface area (Å²) >= 11 is 6.11. The highest BCUT2D eigenvalue weighted by molar-refractivity contribution is 6.31. The second-order valence-electron chi connectivity index (χ2n) is 7.16. The Labute approximate surface area is 175 Å². The van der Waals surface area contributed by atoms with Crippen molar-refractivity contribution < 1.29 is 9.13 Å². The van der Waals surface area contributed by atoms with E-state index in [0.29, 0.717) is 18.9 Å². The van der Waals surface area contributed by atoms with Crippen LogP contribution in [0.25, 0.3) is 16.9 Å². The number of hydrogen-bond acceptors (Lipinski definition) is 4. The first-order valence-electron chi connectivity index (χ1n) is 9.44. The monoisotopic (exact) mass is 433 g/mol. The van der Waals surface area contributed by atoms with Crippen molar-refractivity contribution in [3.8, 4) is 0 Å². The molecule has 3 heterocycles. The van der Waals surface area contributed by atoms with Crippen molar-refractivity contribution in [2.24, 2.45) is 7.05 Å². The normalized spacial score (nSPS) is 11.8. The van der Waals surface area contributed by atoms with Gasteiger partial charge in [-0.2, -0.15) is 4.98 Å². The molecule has 158 valence electrons. The van der Waals surface area contributed by atoms with Crippen LogP contribution in [0.1, 0.15) is 17.7 Å². The molecule has 8 nitrogen and oxygen atoms in total. The largest absolute Gasteiger partial charge is 0.385 e. The number of aryl methyl sites for hydroxylation is 3. The highest BCUT2D eigenvalue weighted by Gasteiger charge is 2.21. The number of rotatable bonds is 6. The van der Waals surface area contributed by atoms with E-state index in [1.165, 1.54) is 29.8 Å². The molecule has 0 bridgehead atoms. The van der Waals surface area contributed by atoms with E-state index in [1.54, 1.807) is 11.5 Å². The van der Waals surface area contributed by atoms with E-state index in [1.807, 2.05) is 17.7 Å². The molecule has 0 atom stereocenters. The molecule has 0 fully saturated rings. The van der Waals surface area contributed by atoms with Gasteiger partial charge >= 0.3 is 5.69 Å². The van der Waals surface area contributed by atoms with Crippen molar-refractivity contribution in [2.75, 3.05) is 13.7 Å². The average molecular weight is 434 g/mol. The number of halogens is 2. The van der Waals surface area contributed by atoms with Gasteiger partial charge in [0.05, 0.1) is 6.54 Å². The summed E-state index contributed by atoms with van der Waals surface area (Å²) in [6.45, 7) is 2.91. The van der Waals surface area contributed by atoms with E-state index in [4.69, 9.17) is 16.3 Å². The molecule has 10 heteroatoms. The molecule has 1 aromatic carbocycles.